The summed E-state index contributed by atoms with van der Waals surface area (Å²) >= 11 is 0. The van der Waals surface area contributed by atoms with Crippen LogP contribution in [0.5, 0.6) is 0 Å². The number of carbonyl (C=O) groups excluding carboxylic acids is 1. The van der Waals surface area contributed by atoms with Crippen molar-refractivity contribution < 1.29 is 18.0 Å². The standard InChI is InChI=1S/C29H32F3N9O/c1-3-39-10-12-40(13-11-39)17-21-6-5-20(14-23(21)29(30,31)32)27(42)37-22-7-4-19(2)24(15-22)38-28-34-8-9-41(28)26-16-25(33)35-18-36-26/h4-9,14-16,18H,3,10-13,17H2,1-2H3,(H,34,38)(H,37,42)(H2,33,35,36). The minimum Gasteiger partial charge on any atom is -0.384 e. The highest BCUT2D eigenvalue weighted by Crippen LogP contribution is 2.34. The highest BCUT2D eigenvalue weighted by Gasteiger charge is 2.34. The molecule has 4 N–H and O–H groups in total. The predicted octanol–water partition coefficient (Wildman–Crippen LogP) is 4.71. The first kappa shape index (κ1) is 29.0. The van der Waals surface area contributed by atoms with Crippen LogP contribution < -0.4 is 16.4 Å². The second-order valence-electron chi connectivity index (χ2n) is 10.1. The van der Waals surface area contributed by atoms with Crippen LogP contribution in [0.4, 0.5) is 36.3 Å². The number of hydrogen-bond donors (Lipinski definition) is 3. The number of alkyl halides is 3. The minimum absolute atomic E-state index is 0.0751. The number of aromatic nitrogens is 4. The van der Waals surface area contributed by atoms with Crippen molar-refractivity contribution in [3.05, 3.63) is 83.4 Å². The number of nitrogens with zero attached hydrogens (tertiary/aromatic N) is 6. The van der Waals surface area contributed by atoms with E-state index in [2.05, 4.69) is 37.4 Å². The Kier molecular flexibility index (Phi) is 8.41. The van der Waals surface area contributed by atoms with Crippen LogP contribution in [0.15, 0.2) is 61.2 Å². The second kappa shape index (κ2) is 12.2. The molecule has 4 aromatic rings. The van der Waals surface area contributed by atoms with Gasteiger partial charge in [-0.1, -0.05) is 19.1 Å². The van der Waals surface area contributed by atoms with Gasteiger partial charge in [0.05, 0.1) is 5.56 Å². The number of nitrogens with two attached hydrogens (primary N) is 1. The van der Waals surface area contributed by atoms with Crippen molar-refractivity contribution in [1.29, 1.82) is 0 Å². The van der Waals surface area contributed by atoms with E-state index < -0.39 is 17.6 Å². The molecule has 5 rings (SSSR count). The van der Waals surface area contributed by atoms with Gasteiger partial charge in [-0.15, -0.1) is 0 Å². The topological polar surface area (TPSA) is 117 Å². The number of nitrogen functional groups attached to an aromatic ring is 1. The summed E-state index contributed by atoms with van der Waals surface area (Å²) in [7, 11) is 0. The zero-order valence-electron chi connectivity index (χ0n) is 23.3. The fourth-order valence-electron chi connectivity index (χ4n) is 4.86. The van der Waals surface area contributed by atoms with E-state index >= 15 is 0 Å². The molecule has 0 radical (unpaired) electrons. The van der Waals surface area contributed by atoms with Gasteiger partial charge in [0.15, 0.2) is 0 Å². The number of anilines is 4. The molecule has 0 atom stereocenters. The van der Waals surface area contributed by atoms with Gasteiger partial charge in [-0.3, -0.25) is 14.3 Å². The zero-order valence-corrected chi connectivity index (χ0v) is 23.3. The normalized spacial score (nSPS) is 14.6. The molecule has 1 saturated heterocycles. The lowest BCUT2D eigenvalue weighted by Crippen LogP contribution is -2.45. The number of rotatable bonds is 8. The molecular formula is C29H32F3N9O. The van der Waals surface area contributed by atoms with Crippen LogP contribution in [0.1, 0.15) is 34.0 Å². The molecule has 1 aliphatic rings. The smallest absolute Gasteiger partial charge is 0.384 e. The molecule has 1 aliphatic heterocycles. The summed E-state index contributed by atoms with van der Waals surface area (Å²) in [5.74, 6) is 0.617. The van der Waals surface area contributed by atoms with Crippen LogP contribution in [0.3, 0.4) is 0 Å². The third kappa shape index (κ3) is 6.69. The van der Waals surface area contributed by atoms with Gasteiger partial charge in [-0.25, -0.2) is 15.0 Å². The number of amides is 1. The van der Waals surface area contributed by atoms with Crippen molar-refractivity contribution in [2.24, 2.45) is 0 Å². The van der Waals surface area contributed by atoms with Crippen molar-refractivity contribution in [2.45, 2.75) is 26.6 Å². The predicted molar refractivity (Wildman–Crippen MR) is 155 cm³/mol. The molecule has 0 spiro atoms. The first-order chi connectivity index (χ1) is 20.1. The fourth-order valence-corrected chi connectivity index (χ4v) is 4.86. The summed E-state index contributed by atoms with van der Waals surface area (Å²) in [5, 5.41) is 5.94. The molecule has 42 heavy (non-hydrogen) atoms. The largest absolute Gasteiger partial charge is 0.416 e. The van der Waals surface area contributed by atoms with Crippen LogP contribution in [-0.2, 0) is 12.7 Å². The van der Waals surface area contributed by atoms with Gasteiger partial charge in [0.1, 0.15) is 18.0 Å². The molecule has 1 amide bonds. The van der Waals surface area contributed by atoms with Crippen LogP contribution >= 0.6 is 0 Å². The quantitative estimate of drug-likeness (QED) is 0.275. The van der Waals surface area contributed by atoms with E-state index in [4.69, 9.17) is 5.73 Å². The van der Waals surface area contributed by atoms with Gasteiger partial charge in [-0.2, -0.15) is 13.2 Å². The monoisotopic (exact) mass is 579 g/mol. The molecule has 0 saturated carbocycles. The van der Waals surface area contributed by atoms with Gasteiger partial charge in [0.25, 0.3) is 5.91 Å². The van der Waals surface area contributed by atoms with E-state index in [9.17, 15) is 18.0 Å². The number of likely N-dealkylation sites (N-methyl/N-ethyl adjacent to an activating group) is 1. The summed E-state index contributed by atoms with van der Waals surface area (Å²) in [5.41, 5.74) is 6.97. The molecule has 13 heteroatoms. The number of aryl methyl sites for hydroxylation is 1. The molecule has 10 nitrogen and oxygen atoms in total. The number of halogens is 3. The number of imidazole rings is 1. The summed E-state index contributed by atoms with van der Waals surface area (Å²) in [6.45, 7) is 8.09. The maximum atomic E-state index is 14.1. The van der Waals surface area contributed by atoms with Crippen molar-refractivity contribution >= 4 is 29.0 Å². The van der Waals surface area contributed by atoms with E-state index in [0.29, 0.717) is 42.0 Å². The van der Waals surface area contributed by atoms with E-state index in [0.717, 1.165) is 31.3 Å². The third-order valence-electron chi connectivity index (χ3n) is 7.29. The number of hydrogen-bond acceptors (Lipinski definition) is 8. The maximum Gasteiger partial charge on any atom is 0.416 e. The maximum absolute atomic E-state index is 14.1. The molecule has 0 bridgehead atoms. The molecular weight excluding hydrogens is 547 g/mol. The van der Waals surface area contributed by atoms with E-state index in [1.807, 2.05) is 11.8 Å². The summed E-state index contributed by atoms with van der Waals surface area (Å²) in [6.07, 6.45) is 0.0565. The Bertz CT molecular complexity index is 1560. The Labute approximate surface area is 241 Å². The average Bonchev–Trinajstić information content (AvgIpc) is 3.43. The van der Waals surface area contributed by atoms with Crippen molar-refractivity contribution in [2.75, 3.05) is 49.1 Å². The Balaban J connectivity index is 1.32. The van der Waals surface area contributed by atoms with Crippen molar-refractivity contribution in [1.82, 2.24) is 29.3 Å². The molecule has 3 heterocycles. The fraction of sp³-hybridized carbons (Fsp3) is 0.310. The molecule has 220 valence electrons. The number of nitrogens with one attached hydrogen (secondary N) is 2. The number of benzene rings is 2. The lowest BCUT2D eigenvalue weighted by atomic mass is 10.0. The van der Waals surface area contributed by atoms with Crippen LogP contribution in [0.25, 0.3) is 5.82 Å². The van der Waals surface area contributed by atoms with E-state index in [-0.39, 0.29) is 17.7 Å². The van der Waals surface area contributed by atoms with E-state index in [1.165, 1.54) is 18.5 Å². The highest BCUT2D eigenvalue weighted by atomic mass is 19.4. The van der Waals surface area contributed by atoms with Gasteiger partial charge < -0.3 is 21.3 Å². The highest BCUT2D eigenvalue weighted by molar-refractivity contribution is 6.04. The van der Waals surface area contributed by atoms with Crippen LogP contribution in [0, 0.1) is 6.92 Å². The van der Waals surface area contributed by atoms with Crippen molar-refractivity contribution in [3.63, 3.8) is 0 Å². The lowest BCUT2D eigenvalue weighted by molar-refractivity contribution is -0.138. The van der Waals surface area contributed by atoms with Crippen LogP contribution in [-0.4, -0.2) is 67.9 Å². The first-order valence-electron chi connectivity index (χ1n) is 13.6. The third-order valence-corrected chi connectivity index (χ3v) is 7.29. The Morgan fingerprint density at radius 3 is 2.48 bits per heavy atom. The lowest BCUT2D eigenvalue weighted by Gasteiger charge is -2.34. The number of piperazine rings is 1. The van der Waals surface area contributed by atoms with Crippen LogP contribution in [0.2, 0.25) is 0 Å². The molecule has 2 aromatic heterocycles. The summed E-state index contributed by atoms with van der Waals surface area (Å²) in [6, 6.07) is 10.6. The summed E-state index contributed by atoms with van der Waals surface area (Å²) in [4.78, 5) is 29.8. The number of carbonyl (C=O) groups is 1. The first-order valence-corrected chi connectivity index (χ1v) is 13.6. The van der Waals surface area contributed by atoms with Gasteiger partial charge in [0.2, 0.25) is 5.95 Å². The average molecular weight is 580 g/mol. The Hall–Kier alpha value is -4.49. The minimum atomic E-state index is -4.59. The Morgan fingerprint density at radius 1 is 1.00 bits per heavy atom. The molecule has 2 aromatic carbocycles. The second-order valence-corrected chi connectivity index (χ2v) is 10.1. The molecule has 0 aliphatic carbocycles. The van der Waals surface area contributed by atoms with Gasteiger partial charge in [0, 0.05) is 68.1 Å². The Morgan fingerprint density at radius 2 is 1.76 bits per heavy atom. The SMILES string of the molecule is CCN1CCN(Cc2ccc(C(=O)Nc3ccc(C)c(Nc4nccn4-c4cc(N)ncn4)c3)cc2C(F)(F)F)CC1. The molecule has 1 fully saturated rings. The van der Waals surface area contributed by atoms with Crippen molar-refractivity contribution in [3.8, 4) is 5.82 Å². The van der Waals surface area contributed by atoms with Gasteiger partial charge in [-0.05, 0) is 48.9 Å². The molecule has 0 unspecified atom stereocenters. The van der Waals surface area contributed by atoms with Gasteiger partial charge >= 0.3 is 6.18 Å². The summed E-state index contributed by atoms with van der Waals surface area (Å²) < 4.78 is 43.9. The van der Waals surface area contributed by atoms with E-state index in [1.54, 1.807) is 41.2 Å². The zero-order chi connectivity index (χ0) is 29.9.